The van der Waals surface area contributed by atoms with Gasteiger partial charge in [0, 0.05) is 6.54 Å². The van der Waals surface area contributed by atoms with Crippen molar-refractivity contribution in [3.8, 4) is 0 Å². The van der Waals surface area contributed by atoms with Crippen molar-refractivity contribution in [3.05, 3.63) is 22.6 Å². The average Bonchev–Trinajstić information content (AvgIpc) is 2.71. The lowest BCUT2D eigenvalue weighted by Crippen LogP contribution is -2.34. The van der Waals surface area contributed by atoms with Crippen LogP contribution in [0.15, 0.2) is 21.2 Å². The highest BCUT2D eigenvalue weighted by atomic mass is 79.9. The molecule has 16 heavy (non-hydrogen) atoms. The van der Waals surface area contributed by atoms with Gasteiger partial charge in [0.1, 0.15) is 5.76 Å². The van der Waals surface area contributed by atoms with Crippen LogP contribution in [0, 0.1) is 0 Å². The Hall–Kier alpha value is -0.320. The summed E-state index contributed by atoms with van der Waals surface area (Å²) in [7, 11) is 0. The predicted molar refractivity (Wildman–Crippen MR) is 70.4 cm³/mol. The van der Waals surface area contributed by atoms with E-state index in [1.807, 2.05) is 6.07 Å². The molecule has 1 aromatic rings. The van der Waals surface area contributed by atoms with E-state index in [0.29, 0.717) is 6.54 Å². The third kappa shape index (κ3) is 3.34. The van der Waals surface area contributed by atoms with E-state index < -0.39 is 0 Å². The first-order chi connectivity index (χ1) is 7.74. The highest BCUT2D eigenvalue weighted by molar-refractivity contribution is 9.10. The fourth-order valence-electron chi connectivity index (χ4n) is 1.86. The van der Waals surface area contributed by atoms with Crippen molar-refractivity contribution < 1.29 is 4.42 Å². The van der Waals surface area contributed by atoms with E-state index in [0.717, 1.165) is 23.3 Å². The van der Waals surface area contributed by atoms with Crippen molar-refractivity contribution in [1.82, 2.24) is 4.90 Å². The van der Waals surface area contributed by atoms with E-state index in [2.05, 4.69) is 34.7 Å². The largest absolute Gasteiger partial charge is 0.466 e. The van der Waals surface area contributed by atoms with Gasteiger partial charge in [-0.15, -0.1) is 0 Å². The fourth-order valence-corrected chi connectivity index (χ4v) is 2.33. The van der Waals surface area contributed by atoms with Crippen LogP contribution in [-0.2, 0) is 0 Å². The van der Waals surface area contributed by atoms with Crippen molar-refractivity contribution in [2.45, 2.75) is 32.7 Å². The van der Waals surface area contributed by atoms with Crippen LogP contribution in [0.3, 0.4) is 0 Å². The summed E-state index contributed by atoms with van der Waals surface area (Å²) in [5.74, 6) is 0.945. The lowest BCUT2D eigenvalue weighted by molar-refractivity contribution is 0.185. The van der Waals surface area contributed by atoms with Gasteiger partial charge in [0.05, 0.1) is 16.8 Å². The van der Waals surface area contributed by atoms with Crippen LogP contribution in [0.1, 0.15) is 38.5 Å². The maximum atomic E-state index is 5.86. The van der Waals surface area contributed by atoms with Crippen molar-refractivity contribution in [2.24, 2.45) is 5.73 Å². The standard InChI is InChI=1S/C12H21BrN2O/c1-3-5-7-15(4-2)11(9-14)12-10(13)6-8-16-12/h6,8,11H,3-5,7,9,14H2,1-2H3. The summed E-state index contributed by atoms with van der Waals surface area (Å²) >= 11 is 3.50. The molecule has 0 amide bonds. The van der Waals surface area contributed by atoms with E-state index >= 15 is 0 Å². The summed E-state index contributed by atoms with van der Waals surface area (Å²) < 4.78 is 6.52. The number of hydrogen-bond acceptors (Lipinski definition) is 3. The number of hydrogen-bond donors (Lipinski definition) is 1. The van der Waals surface area contributed by atoms with Crippen molar-refractivity contribution >= 4 is 15.9 Å². The number of nitrogens with zero attached hydrogens (tertiary/aromatic N) is 1. The van der Waals surface area contributed by atoms with Crippen molar-refractivity contribution in [3.63, 3.8) is 0 Å². The third-order valence-corrected chi connectivity index (χ3v) is 3.47. The van der Waals surface area contributed by atoms with Crippen LogP contribution in [0.4, 0.5) is 0 Å². The fraction of sp³-hybridized carbons (Fsp3) is 0.667. The Balaban J connectivity index is 2.75. The molecule has 0 spiro atoms. The Morgan fingerprint density at radius 3 is 2.69 bits per heavy atom. The lowest BCUT2D eigenvalue weighted by atomic mass is 10.1. The molecular weight excluding hydrogens is 268 g/mol. The van der Waals surface area contributed by atoms with E-state index in [1.54, 1.807) is 6.26 Å². The van der Waals surface area contributed by atoms with Crippen LogP contribution in [0.25, 0.3) is 0 Å². The Labute approximate surface area is 106 Å². The first-order valence-electron chi connectivity index (χ1n) is 5.91. The molecule has 2 N–H and O–H groups in total. The van der Waals surface area contributed by atoms with Gasteiger partial charge >= 0.3 is 0 Å². The molecular formula is C12H21BrN2O. The molecule has 0 fully saturated rings. The number of likely N-dealkylation sites (N-methyl/N-ethyl adjacent to an activating group) is 1. The van der Waals surface area contributed by atoms with Crippen molar-refractivity contribution in [1.29, 1.82) is 0 Å². The molecule has 0 saturated heterocycles. The molecule has 0 radical (unpaired) electrons. The van der Waals surface area contributed by atoms with Crippen LogP contribution in [-0.4, -0.2) is 24.5 Å². The van der Waals surface area contributed by atoms with E-state index in [4.69, 9.17) is 10.2 Å². The maximum absolute atomic E-state index is 5.86. The van der Waals surface area contributed by atoms with Gasteiger partial charge < -0.3 is 10.2 Å². The monoisotopic (exact) mass is 288 g/mol. The molecule has 0 aliphatic carbocycles. The van der Waals surface area contributed by atoms with Gasteiger partial charge in [-0.3, -0.25) is 4.90 Å². The molecule has 0 aromatic carbocycles. The van der Waals surface area contributed by atoms with Gasteiger partial charge in [-0.1, -0.05) is 20.3 Å². The van der Waals surface area contributed by atoms with Crippen LogP contribution >= 0.6 is 15.9 Å². The first kappa shape index (κ1) is 13.7. The molecule has 3 nitrogen and oxygen atoms in total. The lowest BCUT2D eigenvalue weighted by Gasteiger charge is -2.28. The molecule has 0 bridgehead atoms. The second-order valence-corrected chi connectivity index (χ2v) is 4.72. The zero-order chi connectivity index (χ0) is 12.0. The zero-order valence-corrected chi connectivity index (χ0v) is 11.7. The minimum absolute atomic E-state index is 0.181. The Morgan fingerprint density at radius 1 is 1.50 bits per heavy atom. The summed E-state index contributed by atoms with van der Waals surface area (Å²) in [5, 5.41) is 0. The number of halogens is 1. The van der Waals surface area contributed by atoms with Crippen LogP contribution < -0.4 is 5.73 Å². The molecule has 0 aliphatic rings. The minimum Gasteiger partial charge on any atom is -0.466 e. The molecule has 4 heteroatoms. The zero-order valence-electron chi connectivity index (χ0n) is 10.1. The maximum Gasteiger partial charge on any atom is 0.136 e. The predicted octanol–water partition coefficient (Wildman–Crippen LogP) is 3.16. The van der Waals surface area contributed by atoms with Gasteiger partial charge in [0.15, 0.2) is 0 Å². The Kier molecular flexibility index (Phi) is 6.09. The van der Waals surface area contributed by atoms with Crippen LogP contribution in [0.2, 0.25) is 0 Å². The molecule has 92 valence electrons. The second-order valence-electron chi connectivity index (χ2n) is 3.87. The van der Waals surface area contributed by atoms with Gasteiger partial charge in [-0.2, -0.15) is 0 Å². The second kappa shape index (κ2) is 7.09. The van der Waals surface area contributed by atoms with E-state index in [1.165, 1.54) is 12.8 Å². The molecule has 1 unspecified atom stereocenters. The molecule has 1 aromatic heterocycles. The molecule has 1 rings (SSSR count). The molecule has 0 aliphatic heterocycles. The first-order valence-corrected chi connectivity index (χ1v) is 6.70. The number of furan rings is 1. The summed E-state index contributed by atoms with van der Waals surface area (Å²) in [4.78, 5) is 2.37. The van der Waals surface area contributed by atoms with Gasteiger partial charge in [0.2, 0.25) is 0 Å². The highest BCUT2D eigenvalue weighted by Crippen LogP contribution is 2.28. The number of unbranched alkanes of at least 4 members (excludes halogenated alkanes) is 1. The molecule has 0 saturated carbocycles. The van der Waals surface area contributed by atoms with E-state index in [9.17, 15) is 0 Å². The minimum atomic E-state index is 0.181. The Bertz CT molecular complexity index is 301. The van der Waals surface area contributed by atoms with Crippen LogP contribution in [0.5, 0.6) is 0 Å². The molecule has 1 atom stereocenters. The Morgan fingerprint density at radius 2 is 2.25 bits per heavy atom. The normalized spacial score (nSPS) is 13.3. The molecule has 1 heterocycles. The van der Waals surface area contributed by atoms with E-state index in [-0.39, 0.29) is 6.04 Å². The quantitative estimate of drug-likeness (QED) is 0.838. The summed E-state index contributed by atoms with van der Waals surface area (Å²) in [6.45, 7) is 7.02. The summed E-state index contributed by atoms with van der Waals surface area (Å²) in [5.41, 5.74) is 5.86. The summed E-state index contributed by atoms with van der Waals surface area (Å²) in [6, 6.07) is 2.10. The smallest absolute Gasteiger partial charge is 0.136 e. The topological polar surface area (TPSA) is 42.4 Å². The third-order valence-electron chi connectivity index (χ3n) is 2.82. The van der Waals surface area contributed by atoms with Gasteiger partial charge in [-0.25, -0.2) is 0 Å². The average molecular weight is 289 g/mol. The summed E-state index contributed by atoms with van der Waals surface area (Å²) in [6.07, 6.45) is 4.10. The number of nitrogens with two attached hydrogens (primary N) is 1. The van der Waals surface area contributed by atoms with Gasteiger partial charge in [-0.05, 0) is 41.5 Å². The van der Waals surface area contributed by atoms with Gasteiger partial charge in [0.25, 0.3) is 0 Å². The van der Waals surface area contributed by atoms with Crippen molar-refractivity contribution in [2.75, 3.05) is 19.6 Å². The SMILES string of the molecule is CCCCN(CC)C(CN)c1occc1Br. The number of rotatable bonds is 7. The highest BCUT2D eigenvalue weighted by Gasteiger charge is 2.22.